The largest absolute Gasteiger partial charge is 0.478 e. The number of H-pyrrole nitrogens is 1. The highest BCUT2D eigenvalue weighted by Crippen LogP contribution is 2.18. The van der Waals surface area contributed by atoms with E-state index in [0.29, 0.717) is 11.0 Å². The molecule has 0 bridgehead atoms. The van der Waals surface area contributed by atoms with E-state index in [1.165, 1.54) is 6.07 Å². The highest BCUT2D eigenvalue weighted by atomic mass is 16.4. The van der Waals surface area contributed by atoms with Gasteiger partial charge in [-0.1, -0.05) is 6.07 Å². The molecule has 0 atom stereocenters. The number of guanidine groups is 1. The fourth-order valence-corrected chi connectivity index (χ4v) is 1.39. The van der Waals surface area contributed by atoms with Gasteiger partial charge < -0.3 is 15.8 Å². The van der Waals surface area contributed by atoms with Crippen molar-refractivity contribution in [1.29, 1.82) is 5.41 Å². The highest BCUT2D eigenvalue weighted by molar-refractivity contribution is 6.02. The van der Waals surface area contributed by atoms with Crippen molar-refractivity contribution in [2.45, 2.75) is 0 Å². The molecule has 2 aromatic rings. The fraction of sp³-hybridized carbons (Fsp3) is 0. The molecule has 0 aliphatic carbocycles. The van der Waals surface area contributed by atoms with E-state index in [0.717, 1.165) is 0 Å². The zero-order valence-corrected chi connectivity index (χ0v) is 8.11. The first kappa shape index (κ1) is 9.97. The van der Waals surface area contributed by atoms with Gasteiger partial charge in [-0.2, -0.15) is 0 Å². The van der Waals surface area contributed by atoms with E-state index in [2.05, 4.69) is 15.3 Å². The van der Waals surface area contributed by atoms with Crippen LogP contribution in [0.1, 0.15) is 10.4 Å². The van der Waals surface area contributed by atoms with Crippen LogP contribution < -0.4 is 11.1 Å². The van der Waals surface area contributed by atoms with Crippen LogP contribution in [0.15, 0.2) is 18.2 Å². The number of nitrogens with zero attached hydrogens (tertiary/aromatic N) is 1. The Hall–Kier alpha value is -2.57. The molecule has 6 N–H and O–H groups in total. The van der Waals surface area contributed by atoms with Crippen molar-refractivity contribution in [3.05, 3.63) is 23.8 Å². The molecular weight excluding hydrogens is 210 g/mol. The Labute approximate surface area is 89.8 Å². The third kappa shape index (κ3) is 1.65. The van der Waals surface area contributed by atoms with Crippen LogP contribution in [-0.2, 0) is 0 Å². The monoisotopic (exact) mass is 219 g/mol. The zero-order valence-electron chi connectivity index (χ0n) is 8.11. The molecule has 1 aromatic carbocycles. The average molecular weight is 219 g/mol. The molecule has 1 heterocycles. The van der Waals surface area contributed by atoms with Gasteiger partial charge >= 0.3 is 5.97 Å². The Bertz CT molecular complexity index is 574. The summed E-state index contributed by atoms with van der Waals surface area (Å²) in [4.78, 5) is 17.7. The summed E-state index contributed by atoms with van der Waals surface area (Å²) in [5.41, 5.74) is 6.15. The van der Waals surface area contributed by atoms with E-state index >= 15 is 0 Å². The number of aromatic nitrogens is 2. The first-order valence-corrected chi connectivity index (χ1v) is 4.41. The van der Waals surface area contributed by atoms with Gasteiger partial charge in [0.1, 0.15) is 5.52 Å². The minimum atomic E-state index is -1.05. The summed E-state index contributed by atoms with van der Waals surface area (Å²) in [5.74, 6) is -1.07. The van der Waals surface area contributed by atoms with Gasteiger partial charge in [-0.15, -0.1) is 0 Å². The van der Waals surface area contributed by atoms with Gasteiger partial charge in [-0.3, -0.25) is 10.7 Å². The molecule has 7 nitrogen and oxygen atoms in total. The lowest BCUT2D eigenvalue weighted by atomic mass is 10.2. The van der Waals surface area contributed by atoms with E-state index in [4.69, 9.17) is 16.2 Å². The van der Waals surface area contributed by atoms with Crippen molar-refractivity contribution in [1.82, 2.24) is 9.97 Å². The van der Waals surface area contributed by atoms with Crippen molar-refractivity contribution in [3.8, 4) is 0 Å². The number of rotatable bonds is 2. The Morgan fingerprint density at radius 1 is 1.56 bits per heavy atom. The molecule has 0 saturated carbocycles. The van der Waals surface area contributed by atoms with Gasteiger partial charge in [0, 0.05) is 0 Å². The number of aromatic carboxylic acids is 1. The number of imidazole rings is 1. The SMILES string of the molecule is N=C(N)Nc1nc2c(C(=O)O)cccc2[nH]1. The molecule has 0 aliphatic heterocycles. The molecule has 0 saturated heterocycles. The number of anilines is 1. The number of aromatic amines is 1. The lowest BCUT2D eigenvalue weighted by molar-refractivity contribution is 0.0699. The summed E-state index contributed by atoms with van der Waals surface area (Å²) in [6.45, 7) is 0. The second-order valence-electron chi connectivity index (χ2n) is 3.13. The van der Waals surface area contributed by atoms with Crippen LogP contribution >= 0.6 is 0 Å². The van der Waals surface area contributed by atoms with Crippen LogP contribution in [0.5, 0.6) is 0 Å². The predicted molar refractivity (Wildman–Crippen MR) is 58.6 cm³/mol. The van der Waals surface area contributed by atoms with E-state index in [1.807, 2.05) is 0 Å². The Kier molecular flexibility index (Phi) is 2.20. The molecular formula is C9H9N5O2. The molecule has 0 amide bonds. The van der Waals surface area contributed by atoms with Crippen molar-refractivity contribution >= 4 is 28.9 Å². The van der Waals surface area contributed by atoms with Crippen LogP contribution in [0.25, 0.3) is 11.0 Å². The van der Waals surface area contributed by atoms with Gasteiger partial charge in [0.05, 0.1) is 11.1 Å². The second-order valence-corrected chi connectivity index (χ2v) is 3.13. The van der Waals surface area contributed by atoms with Crippen molar-refractivity contribution < 1.29 is 9.90 Å². The number of carboxylic acid groups (broad SMARTS) is 1. The number of benzene rings is 1. The first-order valence-electron chi connectivity index (χ1n) is 4.41. The van der Waals surface area contributed by atoms with Crippen LogP contribution in [0.2, 0.25) is 0 Å². The summed E-state index contributed by atoms with van der Waals surface area (Å²) in [7, 11) is 0. The van der Waals surface area contributed by atoms with Crippen LogP contribution in [-0.4, -0.2) is 27.0 Å². The quantitative estimate of drug-likeness (QED) is 0.372. The molecule has 0 radical (unpaired) electrons. The summed E-state index contributed by atoms with van der Waals surface area (Å²) in [6.07, 6.45) is 0. The molecule has 0 fully saturated rings. The van der Waals surface area contributed by atoms with Crippen molar-refractivity contribution in [3.63, 3.8) is 0 Å². The normalized spacial score (nSPS) is 10.2. The Morgan fingerprint density at radius 3 is 2.94 bits per heavy atom. The van der Waals surface area contributed by atoms with Gasteiger partial charge in [0.2, 0.25) is 5.95 Å². The molecule has 1 aromatic heterocycles. The predicted octanol–water partition coefficient (Wildman–Crippen LogP) is 0.566. The Balaban J connectivity index is 2.56. The number of nitrogens with two attached hydrogens (primary N) is 1. The fourth-order valence-electron chi connectivity index (χ4n) is 1.39. The molecule has 0 unspecified atom stereocenters. The van der Waals surface area contributed by atoms with Gasteiger partial charge in [0.15, 0.2) is 5.96 Å². The lowest BCUT2D eigenvalue weighted by Gasteiger charge is -1.95. The topological polar surface area (TPSA) is 128 Å². The molecule has 0 aliphatic rings. The van der Waals surface area contributed by atoms with E-state index in [-0.39, 0.29) is 17.5 Å². The number of nitrogens with one attached hydrogen (secondary N) is 3. The first-order chi connectivity index (χ1) is 7.58. The minimum Gasteiger partial charge on any atom is -0.478 e. The zero-order chi connectivity index (χ0) is 11.7. The standard InChI is InChI=1S/C9H9N5O2/c10-8(11)14-9-12-5-3-1-2-4(7(15)16)6(5)13-9/h1-3H,(H,15,16)(H5,10,11,12,13,14). The lowest BCUT2D eigenvalue weighted by Crippen LogP contribution is -2.21. The maximum Gasteiger partial charge on any atom is 0.337 e. The van der Waals surface area contributed by atoms with Gasteiger partial charge in [-0.05, 0) is 12.1 Å². The molecule has 82 valence electrons. The van der Waals surface area contributed by atoms with E-state index < -0.39 is 5.97 Å². The number of carboxylic acids is 1. The number of carbonyl (C=O) groups is 1. The third-order valence-corrected chi connectivity index (χ3v) is 2.00. The molecule has 16 heavy (non-hydrogen) atoms. The van der Waals surface area contributed by atoms with Crippen LogP contribution in [0.3, 0.4) is 0 Å². The van der Waals surface area contributed by atoms with Gasteiger partial charge in [0.25, 0.3) is 0 Å². The summed E-state index contributed by atoms with van der Waals surface area (Å²) < 4.78 is 0. The van der Waals surface area contributed by atoms with Crippen molar-refractivity contribution in [2.75, 3.05) is 5.32 Å². The maximum absolute atomic E-state index is 10.9. The van der Waals surface area contributed by atoms with E-state index in [1.54, 1.807) is 12.1 Å². The summed E-state index contributed by atoms with van der Waals surface area (Å²) in [5, 5.41) is 18.4. The smallest absolute Gasteiger partial charge is 0.337 e. The summed E-state index contributed by atoms with van der Waals surface area (Å²) in [6, 6.07) is 4.77. The maximum atomic E-state index is 10.9. The molecule has 2 rings (SSSR count). The number of hydrogen-bond acceptors (Lipinski definition) is 3. The number of hydrogen-bond donors (Lipinski definition) is 5. The minimum absolute atomic E-state index is 0.102. The number of para-hydroxylation sites is 1. The Morgan fingerprint density at radius 2 is 2.31 bits per heavy atom. The van der Waals surface area contributed by atoms with E-state index in [9.17, 15) is 4.79 Å². The van der Waals surface area contributed by atoms with Crippen LogP contribution in [0.4, 0.5) is 5.95 Å². The van der Waals surface area contributed by atoms with Crippen molar-refractivity contribution in [2.24, 2.45) is 5.73 Å². The second kappa shape index (κ2) is 3.54. The highest BCUT2D eigenvalue weighted by Gasteiger charge is 2.12. The van der Waals surface area contributed by atoms with Gasteiger partial charge in [-0.25, -0.2) is 9.78 Å². The molecule has 7 heteroatoms. The molecule has 0 spiro atoms. The number of fused-ring (bicyclic) bond motifs is 1. The summed E-state index contributed by atoms with van der Waals surface area (Å²) >= 11 is 0. The average Bonchev–Trinajstić information content (AvgIpc) is 2.57. The third-order valence-electron chi connectivity index (χ3n) is 2.00. The van der Waals surface area contributed by atoms with Crippen LogP contribution in [0, 0.1) is 5.41 Å².